The second kappa shape index (κ2) is 6.61. The van der Waals surface area contributed by atoms with Gasteiger partial charge in [0.1, 0.15) is 5.82 Å². The maximum Gasteiger partial charge on any atom is 0.224 e. The van der Waals surface area contributed by atoms with E-state index in [1.165, 1.54) is 0 Å². The molecule has 1 aromatic carbocycles. The third kappa shape index (κ3) is 3.50. The van der Waals surface area contributed by atoms with E-state index in [4.69, 9.17) is 0 Å². The molecule has 0 amide bonds. The first kappa shape index (κ1) is 13.9. The molecule has 19 heavy (non-hydrogen) atoms. The van der Waals surface area contributed by atoms with Gasteiger partial charge in [0.15, 0.2) is 0 Å². The second-order valence-electron chi connectivity index (χ2n) is 4.60. The Balaban J connectivity index is 2.25. The molecule has 0 aliphatic rings. The lowest BCUT2D eigenvalue weighted by Crippen LogP contribution is -2.15. The fourth-order valence-corrected chi connectivity index (χ4v) is 2.62. The van der Waals surface area contributed by atoms with E-state index in [-0.39, 0.29) is 0 Å². The van der Waals surface area contributed by atoms with Crippen LogP contribution in [0.5, 0.6) is 0 Å². The van der Waals surface area contributed by atoms with Gasteiger partial charge in [-0.15, -0.1) is 0 Å². The lowest BCUT2D eigenvalue weighted by Gasteiger charge is -2.14. The number of hydrogen-bond donors (Lipinski definition) is 2. The summed E-state index contributed by atoms with van der Waals surface area (Å²) in [5.74, 6) is 3.32. The zero-order chi connectivity index (χ0) is 13.7. The number of aromatic nitrogens is 2. The number of benzene rings is 1. The molecule has 1 unspecified atom stereocenters. The summed E-state index contributed by atoms with van der Waals surface area (Å²) >= 11 is 1.87. The summed E-state index contributed by atoms with van der Waals surface area (Å²) in [7, 11) is 1.84. The van der Waals surface area contributed by atoms with Crippen LogP contribution in [0.2, 0.25) is 0 Å². The quantitative estimate of drug-likeness (QED) is 0.849. The SMILES string of the molecule is CNc1nc(NCC(C)CSC)c2ccccc2n1. The summed E-state index contributed by atoms with van der Waals surface area (Å²) in [6.07, 6.45) is 2.13. The van der Waals surface area contributed by atoms with Crippen LogP contribution in [-0.4, -0.2) is 35.6 Å². The van der Waals surface area contributed by atoms with Gasteiger partial charge < -0.3 is 10.6 Å². The molecule has 0 fully saturated rings. The Kier molecular flexibility index (Phi) is 4.85. The topological polar surface area (TPSA) is 49.8 Å². The zero-order valence-corrected chi connectivity index (χ0v) is 12.4. The number of thioether (sulfide) groups is 1. The fraction of sp³-hybridized carbons (Fsp3) is 0.429. The van der Waals surface area contributed by atoms with Gasteiger partial charge in [-0.2, -0.15) is 16.7 Å². The van der Waals surface area contributed by atoms with Crippen molar-refractivity contribution in [2.24, 2.45) is 5.92 Å². The van der Waals surface area contributed by atoms with Gasteiger partial charge in [-0.3, -0.25) is 0 Å². The predicted molar refractivity (Wildman–Crippen MR) is 85.1 cm³/mol. The molecule has 0 aliphatic carbocycles. The van der Waals surface area contributed by atoms with Crippen LogP contribution < -0.4 is 10.6 Å². The van der Waals surface area contributed by atoms with E-state index < -0.39 is 0 Å². The van der Waals surface area contributed by atoms with Gasteiger partial charge in [-0.1, -0.05) is 19.1 Å². The van der Waals surface area contributed by atoms with Crippen molar-refractivity contribution in [2.45, 2.75) is 6.92 Å². The number of hydrogen-bond acceptors (Lipinski definition) is 5. The molecule has 0 bridgehead atoms. The molecule has 0 spiro atoms. The summed E-state index contributed by atoms with van der Waals surface area (Å²) < 4.78 is 0. The lowest BCUT2D eigenvalue weighted by molar-refractivity contribution is 0.700. The molecular weight excluding hydrogens is 256 g/mol. The van der Waals surface area contributed by atoms with Crippen LogP contribution in [0.15, 0.2) is 24.3 Å². The van der Waals surface area contributed by atoms with Crippen LogP contribution in [0.25, 0.3) is 10.9 Å². The highest BCUT2D eigenvalue weighted by atomic mass is 32.2. The first-order valence-corrected chi connectivity index (χ1v) is 7.81. The molecule has 0 saturated heterocycles. The predicted octanol–water partition coefficient (Wildman–Crippen LogP) is 3.08. The summed E-state index contributed by atoms with van der Waals surface area (Å²) in [5, 5.41) is 7.52. The number of anilines is 2. The lowest BCUT2D eigenvalue weighted by atomic mass is 10.2. The number of para-hydroxylation sites is 1. The second-order valence-corrected chi connectivity index (χ2v) is 5.52. The van der Waals surface area contributed by atoms with Crippen molar-refractivity contribution in [2.75, 3.05) is 36.2 Å². The molecule has 102 valence electrons. The van der Waals surface area contributed by atoms with Gasteiger partial charge in [0.25, 0.3) is 0 Å². The first-order chi connectivity index (χ1) is 9.24. The van der Waals surface area contributed by atoms with E-state index in [9.17, 15) is 0 Å². The van der Waals surface area contributed by atoms with E-state index in [0.717, 1.165) is 29.0 Å². The third-order valence-corrected chi connectivity index (χ3v) is 3.80. The Hall–Kier alpha value is -1.49. The molecule has 5 heteroatoms. The summed E-state index contributed by atoms with van der Waals surface area (Å²) in [5.41, 5.74) is 0.960. The average Bonchev–Trinajstić information content (AvgIpc) is 2.44. The number of nitrogens with one attached hydrogen (secondary N) is 2. The molecule has 1 heterocycles. The summed E-state index contributed by atoms with van der Waals surface area (Å²) in [4.78, 5) is 8.96. The van der Waals surface area contributed by atoms with E-state index in [2.05, 4.69) is 39.8 Å². The number of fused-ring (bicyclic) bond motifs is 1. The van der Waals surface area contributed by atoms with Gasteiger partial charge in [0.2, 0.25) is 5.95 Å². The van der Waals surface area contributed by atoms with Crippen molar-refractivity contribution in [3.8, 4) is 0 Å². The monoisotopic (exact) mass is 276 g/mol. The van der Waals surface area contributed by atoms with Crippen LogP contribution >= 0.6 is 11.8 Å². The van der Waals surface area contributed by atoms with Gasteiger partial charge in [-0.05, 0) is 30.1 Å². The Morgan fingerprint density at radius 1 is 1.26 bits per heavy atom. The van der Waals surface area contributed by atoms with Crippen molar-refractivity contribution in [1.29, 1.82) is 0 Å². The highest BCUT2D eigenvalue weighted by Crippen LogP contribution is 2.22. The molecule has 0 aliphatic heterocycles. The van der Waals surface area contributed by atoms with E-state index >= 15 is 0 Å². The van der Waals surface area contributed by atoms with Gasteiger partial charge in [-0.25, -0.2) is 4.98 Å². The van der Waals surface area contributed by atoms with Crippen LogP contribution in [0.1, 0.15) is 6.92 Å². The Labute approximate surface area is 118 Å². The van der Waals surface area contributed by atoms with E-state index in [1.807, 2.05) is 37.0 Å². The maximum absolute atomic E-state index is 4.51. The number of rotatable bonds is 6. The van der Waals surface area contributed by atoms with E-state index in [1.54, 1.807) is 0 Å². The Bertz CT molecular complexity index is 544. The molecule has 1 atom stereocenters. The smallest absolute Gasteiger partial charge is 0.224 e. The molecular formula is C14H20N4S. The minimum atomic E-state index is 0.613. The standard InChI is InChI=1S/C14H20N4S/c1-10(9-19-3)8-16-13-11-6-4-5-7-12(11)17-14(15-2)18-13/h4-7,10H,8-9H2,1-3H3,(H2,15,16,17,18). The van der Waals surface area contributed by atoms with Gasteiger partial charge in [0.05, 0.1) is 5.52 Å². The van der Waals surface area contributed by atoms with Crippen molar-refractivity contribution < 1.29 is 0 Å². The average molecular weight is 276 g/mol. The van der Waals surface area contributed by atoms with Crippen molar-refractivity contribution in [3.05, 3.63) is 24.3 Å². The van der Waals surface area contributed by atoms with Crippen molar-refractivity contribution in [1.82, 2.24) is 9.97 Å². The van der Waals surface area contributed by atoms with Crippen LogP contribution in [-0.2, 0) is 0 Å². The molecule has 1 aromatic heterocycles. The van der Waals surface area contributed by atoms with Gasteiger partial charge >= 0.3 is 0 Å². The molecule has 2 aromatic rings. The fourth-order valence-electron chi connectivity index (χ4n) is 1.94. The Morgan fingerprint density at radius 2 is 2.05 bits per heavy atom. The highest BCUT2D eigenvalue weighted by Gasteiger charge is 2.08. The van der Waals surface area contributed by atoms with Crippen molar-refractivity contribution in [3.63, 3.8) is 0 Å². The van der Waals surface area contributed by atoms with Gasteiger partial charge in [0, 0.05) is 19.0 Å². The highest BCUT2D eigenvalue weighted by molar-refractivity contribution is 7.98. The van der Waals surface area contributed by atoms with Crippen molar-refractivity contribution >= 4 is 34.4 Å². The third-order valence-electron chi connectivity index (χ3n) is 2.90. The molecule has 2 rings (SSSR count). The van der Waals surface area contributed by atoms with E-state index in [0.29, 0.717) is 11.9 Å². The maximum atomic E-state index is 4.51. The normalized spacial score (nSPS) is 12.4. The van der Waals surface area contributed by atoms with Crippen LogP contribution in [0, 0.1) is 5.92 Å². The molecule has 0 radical (unpaired) electrons. The zero-order valence-electron chi connectivity index (χ0n) is 11.6. The molecule has 4 nitrogen and oxygen atoms in total. The minimum Gasteiger partial charge on any atom is -0.369 e. The minimum absolute atomic E-state index is 0.613. The number of nitrogens with zero attached hydrogens (tertiary/aromatic N) is 2. The summed E-state index contributed by atoms with van der Waals surface area (Å²) in [6.45, 7) is 3.16. The molecule has 2 N–H and O–H groups in total. The summed E-state index contributed by atoms with van der Waals surface area (Å²) in [6, 6.07) is 8.07. The van der Waals surface area contributed by atoms with Crippen LogP contribution in [0.4, 0.5) is 11.8 Å². The Morgan fingerprint density at radius 3 is 2.79 bits per heavy atom. The molecule has 0 saturated carbocycles. The first-order valence-electron chi connectivity index (χ1n) is 6.42. The largest absolute Gasteiger partial charge is 0.369 e. The van der Waals surface area contributed by atoms with Crippen LogP contribution in [0.3, 0.4) is 0 Å².